The number of para-hydroxylation sites is 1. The maximum absolute atomic E-state index is 12.8. The van der Waals surface area contributed by atoms with Gasteiger partial charge in [-0.2, -0.15) is 0 Å². The van der Waals surface area contributed by atoms with E-state index in [1.807, 2.05) is 65.0 Å². The van der Waals surface area contributed by atoms with E-state index in [-0.39, 0.29) is 12.2 Å². The molecule has 3 heterocycles. The van der Waals surface area contributed by atoms with Crippen LogP contribution in [-0.4, -0.2) is 31.9 Å². The van der Waals surface area contributed by atoms with Crippen molar-refractivity contribution in [3.8, 4) is 5.75 Å². The van der Waals surface area contributed by atoms with Crippen LogP contribution in [-0.2, 0) is 13.7 Å². The van der Waals surface area contributed by atoms with Gasteiger partial charge in [0.15, 0.2) is 0 Å². The van der Waals surface area contributed by atoms with Crippen molar-refractivity contribution in [2.75, 3.05) is 7.05 Å². The number of hydrogen-bond donors (Lipinski definition) is 0. The molecule has 0 saturated heterocycles. The number of halogens is 1. The Hall–Kier alpha value is -4.04. The normalized spacial score (nSPS) is 13.1. The molecule has 0 saturated carbocycles. The van der Waals surface area contributed by atoms with Gasteiger partial charge >= 0.3 is 5.69 Å². The van der Waals surface area contributed by atoms with E-state index in [2.05, 4.69) is 4.99 Å². The van der Waals surface area contributed by atoms with Gasteiger partial charge in [0.2, 0.25) is 0 Å². The van der Waals surface area contributed by atoms with Crippen LogP contribution in [0.15, 0.2) is 68.8 Å². The van der Waals surface area contributed by atoms with E-state index in [9.17, 15) is 9.59 Å². The van der Waals surface area contributed by atoms with Crippen LogP contribution in [0.3, 0.4) is 0 Å². The second-order valence-electron chi connectivity index (χ2n) is 9.48. The lowest BCUT2D eigenvalue weighted by Gasteiger charge is -2.21. The number of rotatable bonds is 7. The molecule has 0 bridgehead atoms. The fourth-order valence-electron chi connectivity index (χ4n) is 4.64. The lowest BCUT2D eigenvalue weighted by atomic mass is 9.98. The monoisotopic (exact) mass is 545 g/mol. The summed E-state index contributed by atoms with van der Waals surface area (Å²) in [6, 6.07) is 10.5. The third kappa shape index (κ3) is 5.43. The number of fused-ring (bicyclic) bond motifs is 1. The molecule has 0 radical (unpaired) electrons. The number of ether oxygens (including phenoxy) is 1. The van der Waals surface area contributed by atoms with Crippen molar-refractivity contribution in [1.82, 2.24) is 19.1 Å². The van der Waals surface area contributed by atoms with Crippen molar-refractivity contribution in [2.24, 2.45) is 12.0 Å². The maximum Gasteiger partial charge on any atom is 0.331 e. The Kier molecular flexibility index (Phi) is 8.16. The number of aryl methyl sites for hydroxylation is 2. The van der Waals surface area contributed by atoms with Crippen LogP contribution in [0.5, 0.6) is 5.75 Å². The molecule has 0 fully saturated rings. The van der Waals surface area contributed by atoms with E-state index in [0.717, 1.165) is 38.0 Å². The molecular formula is C30H32ClN5O3. The van der Waals surface area contributed by atoms with E-state index < -0.39 is 11.7 Å². The molecule has 202 valence electrons. The largest absolute Gasteiger partial charge is 0.486 e. The Bertz CT molecular complexity index is 1750. The summed E-state index contributed by atoms with van der Waals surface area (Å²) in [4.78, 5) is 38.8. The van der Waals surface area contributed by atoms with E-state index in [4.69, 9.17) is 26.3 Å². The summed E-state index contributed by atoms with van der Waals surface area (Å²) in [6.45, 7) is 9.77. The summed E-state index contributed by atoms with van der Waals surface area (Å²) in [5.41, 5.74) is 5.66. The highest BCUT2D eigenvalue weighted by atomic mass is 35.5. The minimum Gasteiger partial charge on any atom is -0.486 e. The highest BCUT2D eigenvalue weighted by Crippen LogP contribution is 2.32. The molecule has 4 aromatic rings. The van der Waals surface area contributed by atoms with E-state index in [0.29, 0.717) is 27.7 Å². The average Bonchev–Trinajstić information content (AvgIpc) is 2.91. The molecule has 39 heavy (non-hydrogen) atoms. The predicted octanol–water partition coefficient (Wildman–Crippen LogP) is 5.33. The zero-order valence-corrected chi connectivity index (χ0v) is 24.0. The Morgan fingerprint density at radius 3 is 2.56 bits per heavy atom. The SMILES string of the molecule is C/C=C(/C)C(=NC)c1cc(C)nc2c(OCc3c(Cl)cc(C)nc3C(C)n3ccc(=O)n(C)c3=O)cccc12. The molecule has 1 atom stereocenters. The van der Waals surface area contributed by atoms with Gasteiger partial charge in [-0.3, -0.25) is 23.9 Å². The van der Waals surface area contributed by atoms with Crippen LogP contribution in [0.1, 0.15) is 55.0 Å². The van der Waals surface area contributed by atoms with Crippen molar-refractivity contribution in [1.29, 1.82) is 0 Å². The zero-order chi connectivity index (χ0) is 28.4. The van der Waals surface area contributed by atoms with Crippen LogP contribution in [0.2, 0.25) is 5.02 Å². The summed E-state index contributed by atoms with van der Waals surface area (Å²) in [7, 11) is 3.24. The summed E-state index contributed by atoms with van der Waals surface area (Å²) in [5, 5.41) is 1.41. The molecule has 9 heteroatoms. The number of pyridine rings is 2. The van der Waals surface area contributed by atoms with Gasteiger partial charge in [0.05, 0.1) is 22.5 Å². The van der Waals surface area contributed by atoms with Crippen molar-refractivity contribution < 1.29 is 4.74 Å². The van der Waals surface area contributed by atoms with Crippen molar-refractivity contribution in [3.05, 3.63) is 108 Å². The zero-order valence-electron chi connectivity index (χ0n) is 23.2. The molecule has 0 spiro atoms. The molecular weight excluding hydrogens is 514 g/mol. The third-order valence-corrected chi connectivity index (χ3v) is 7.18. The number of aliphatic imine (C=N–C) groups is 1. The van der Waals surface area contributed by atoms with E-state index >= 15 is 0 Å². The summed E-state index contributed by atoms with van der Waals surface area (Å²) < 4.78 is 8.88. The predicted molar refractivity (Wildman–Crippen MR) is 156 cm³/mol. The Morgan fingerprint density at radius 1 is 1.15 bits per heavy atom. The van der Waals surface area contributed by atoms with Crippen molar-refractivity contribution in [2.45, 2.75) is 47.3 Å². The lowest BCUT2D eigenvalue weighted by molar-refractivity contribution is 0.306. The number of hydrogen-bond acceptors (Lipinski definition) is 6. The van der Waals surface area contributed by atoms with Crippen molar-refractivity contribution in [3.63, 3.8) is 0 Å². The van der Waals surface area contributed by atoms with Crippen molar-refractivity contribution >= 4 is 28.2 Å². The molecule has 1 unspecified atom stereocenters. The van der Waals surface area contributed by atoms with Crippen LogP contribution in [0.4, 0.5) is 0 Å². The number of aromatic nitrogens is 4. The highest BCUT2D eigenvalue weighted by molar-refractivity contribution is 6.31. The molecule has 1 aromatic carbocycles. The molecule has 8 nitrogen and oxygen atoms in total. The van der Waals surface area contributed by atoms with E-state index in [1.165, 1.54) is 23.9 Å². The second-order valence-corrected chi connectivity index (χ2v) is 9.89. The van der Waals surface area contributed by atoms with Gasteiger partial charge in [0.1, 0.15) is 17.9 Å². The van der Waals surface area contributed by atoms with Gasteiger partial charge in [0, 0.05) is 54.3 Å². The molecule has 0 amide bonds. The van der Waals surface area contributed by atoms with Crippen LogP contribution in [0.25, 0.3) is 10.9 Å². The lowest BCUT2D eigenvalue weighted by Crippen LogP contribution is -2.38. The van der Waals surface area contributed by atoms with Crippen LogP contribution < -0.4 is 16.0 Å². The first kappa shape index (κ1) is 28.0. The quantitative estimate of drug-likeness (QED) is 0.293. The fourth-order valence-corrected chi connectivity index (χ4v) is 4.95. The molecule has 0 N–H and O–H groups in total. The highest BCUT2D eigenvalue weighted by Gasteiger charge is 2.21. The van der Waals surface area contributed by atoms with Gasteiger partial charge < -0.3 is 4.74 Å². The smallest absolute Gasteiger partial charge is 0.331 e. The number of nitrogens with zero attached hydrogens (tertiary/aromatic N) is 5. The first-order valence-electron chi connectivity index (χ1n) is 12.6. The van der Waals surface area contributed by atoms with Gasteiger partial charge in [-0.25, -0.2) is 9.78 Å². The molecule has 4 rings (SSSR count). The van der Waals surface area contributed by atoms with Gasteiger partial charge in [-0.1, -0.05) is 29.8 Å². The first-order valence-corrected chi connectivity index (χ1v) is 13.0. The van der Waals surface area contributed by atoms with E-state index in [1.54, 1.807) is 13.1 Å². The fraction of sp³-hybridized carbons (Fsp3) is 0.300. The number of benzene rings is 1. The van der Waals surface area contributed by atoms with Gasteiger partial charge in [-0.15, -0.1) is 0 Å². The van der Waals surface area contributed by atoms with Gasteiger partial charge in [0.25, 0.3) is 5.56 Å². The molecule has 0 aliphatic heterocycles. The molecule has 0 aliphatic rings. The third-order valence-electron chi connectivity index (χ3n) is 6.85. The number of allylic oxidation sites excluding steroid dienone is 2. The summed E-state index contributed by atoms with van der Waals surface area (Å²) >= 11 is 6.71. The Balaban J connectivity index is 1.79. The maximum atomic E-state index is 12.8. The summed E-state index contributed by atoms with van der Waals surface area (Å²) in [5.74, 6) is 0.598. The van der Waals surface area contributed by atoms with Crippen LogP contribution in [0, 0.1) is 13.8 Å². The minimum absolute atomic E-state index is 0.110. The Labute approximate surface area is 232 Å². The van der Waals surface area contributed by atoms with Gasteiger partial charge in [-0.05, 0) is 58.4 Å². The topological polar surface area (TPSA) is 91.4 Å². The minimum atomic E-state index is -0.494. The summed E-state index contributed by atoms with van der Waals surface area (Å²) in [6.07, 6.45) is 3.52. The standard InChI is InChI=1S/C30H32ClN5O3/c1-8-17(2)27(32-6)22-14-18(3)34-29-21(22)10-9-11-25(29)39-16-23-24(31)15-19(4)33-28(23)20(5)36-13-12-26(37)35(7)30(36)38/h8-15,20H,16H2,1-7H3/b17-8-,32-27?. The molecule has 3 aromatic heterocycles. The first-order chi connectivity index (χ1) is 18.6. The Morgan fingerprint density at radius 2 is 1.87 bits per heavy atom. The molecule has 0 aliphatic carbocycles. The second kappa shape index (κ2) is 11.4. The average molecular weight is 546 g/mol. The van der Waals surface area contributed by atoms with Crippen LogP contribution >= 0.6 is 11.6 Å².